The molecule has 0 bridgehead atoms. The number of rotatable bonds is 5. The highest BCUT2D eigenvalue weighted by Gasteiger charge is 2.11. The number of ether oxygens (including phenoxy) is 1. The Bertz CT molecular complexity index is 558. The van der Waals surface area contributed by atoms with Crippen LogP contribution in [0.2, 0.25) is 0 Å². The molecule has 0 atom stereocenters. The van der Waals surface area contributed by atoms with Gasteiger partial charge in [-0.3, -0.25) is 0 Å². The standard InChI is InChI=1S/C12H11NO3S2/c1-16-7-8-9(4-5-11(14)15)18-12(13-8)10-3-2-6-17-10/h2-6H,7H2,1H3,(H,14,15)/b5-4+. The number of thiophene rings is 1. The van der Waals surface area contributed by atoms with Gasteiger partial charge in [-0.15, -0.1) is 22.7 Å². The number of carboxylic acid groups (broad SMARTS) is 1. The average Bonchev–Trinajstić information content (AvgIpc) is 2.95. The van der Waals surface area contributed by atoms with Gasteiger partial charge in [0.2, 0.25) is 0 Å². The molecule has 0 fully saturated rings. The maximum absolute atomic E-state index is 10.5. The molecular weight excluding hydrogens is 270 g/mol. The van der Waals surface area contributed by atoms with Crippen LogP contribution in [0.1, 0.15) is 10.6 Å². The average molecular weight is 281 g/mol. The Kier molecular flexibility index (Phi) is 4.24. The number of nitrogens with zero attached hydrogens (tertiary/aromatic N) is 1. The number of hydrogen-bond acceptors (Lipinski definition) is 5. The SMILES string of the molecule is COCc1nc(-c2cccs2)sc1/C=C/C(=O)O. The zero-order valence-electron chi connectivity index (χ0n) is 9.62. The first kappa shape index (κ1) is 12.9. The smallest absolute Gasteiger partial charge is 0.328 e. The van der Waals surface area contributed by atoms with Gasteiger partial charge in [-0.2, -0.15) is 0 Å². The van der Waals surface area contributed by atoms with E-state index in [1.807, 2.05) is 17.5 Å². The zero-order valence-corrected chi connectivity index (χ0v) is 11.3. The van der Waals surface area contributed by atoms with Gasteiger partial charge < -0.3 is 9.84 Å². The van der Waals surface area contributed by atoms with Crippen molar-refractivity contribution in [3.8, 4) is 9.88 Å². The lowest BCUT2D eigenvalue weighted by Gasteiger charge is -1.94. The van der Waals surface area contributed by atoms with E-state index in [0.29, 0.717) is 6.61 Å². The number of carbonyl (C=O) groups is 1. The lowest BCUT2D eigenvalue weighted by molar-refractivity contribution is -0.131. The first-order valence-electron chi connectivity index (χ1n) is 5.14. The summed E-state index contributed by atoms with van der Waals surface area (Å²) in [6, 6.07) is 3.95. The van der Waals surface area contributed by atoms with Crippen LogP contribution in [0.5, 0.6) is 0 Å². The molecule has 2 aromatic rings. The number of methoxy groups -OCH3 is 1. The summed E-state index contributed by atoms with van der Waals surface area (Å²) in [4.78, 5) is 16.9. The number of aromatic nitrogens is 1. The molecule has 94 valence electrons. The second-order valence-electron chi connectivity index (χ2n) is 3.41. The Balaban J connectivity index is 2.35. The van der Waals surface area contributed by atoms with Crippen molar-refractivity contribution in [3.05, 3.63) is 34.2 Å². The summed E-state index contributed by atoms with van der Waals surface area (Å²) in [5, 5.41) is 11.5. The quantitative estimate of drug-likeness (QED) is 0.855. The molecule has 0 aliphatic rings. The summed E-state index contributed by atoms with van der Waals surface area (Å²) in [6.45, 7) is 0.376. The largest absolute Gasteiger partial charge is 0.478 e. The van der Waals surface area contributed by atoms with Gasteiger partial charge >= 0.3 is 5.97 Å². The Morgan fingerprint density at radius 1 is 1.61 bits per heavy atom. The zero-order chi connectivity index (χ0) is 13.0. The van der Waals surface area contributed by atoms with Gasteiger partial charge in [-0.05, 0) is 17.5 Å². The summed E-state index contributed by atoms with van der Waals surface area (Å²) in [5.41, 5.74) is 0.767. The molecule has 0 radical (unpaired) electrons. The van der Waals surface area contributed by atoms with Crippen molar-refractivity contribution in [2.24, 2.45) is 0 Å². The van der Waals surface area contributed by atoms with E-state index in [2.05, 4.69) is 4.98 Å². The molecule has 0 spiro atoms. The second kappa shape index (κ2) is 5.90. The lowest BCUT2D eigenvalue weighted by Crippen LogP contribution is -1.91. The van der Waals surface area contributed by atoms with Crippen LogP contribution in [0.25, 0.3) is 16.0 Å². The minimum Gasteiger partial charge on any atom is -0.478 e. The normalized spacial score (nSPS) is 11.2. The highest BCUT2D eigenvalue weighted by atomic mass is 32.1. The van der Waals surface area contributed by atoms with E-state index in [1.165, 1.54) is 11.3 Å². The lowest BCUT2D eigenvalue weighted by atomic mass is 10.3. The van der Waals surface area contributed by atoms with Crippen LogP contribution in [0.4, 0.5) is 0 Å². The Labute approximate surface area is 112 Å². The van der Waals surface area contributed by atoms with E-state index in [-0.39, 0.29) is 0 Å². The van der Waals surface area contributed by atoms with Crippen molar-refractivity contribution in [2.45, 2.75) is 6.61 Å². The van der Waals surface area contributed by atoms with Crippen LogP contribution in [0.3, 0.4) is 0 Å². The van der Waals surface area contributed by atoms with E-state index in [4.69, 9.17) is 9.84 Å². The summed E-state index contributed by atoms with van der Waals surface area (Å²) in [5.74, 6) is -0.968. The molecule has 4 nitrogen and oxygen atoms in total. The molecule has 2 heterocycles. The molecule has 2 aromatic heterocycles. The van der Waals surface area contributed by atoms with Crippen LogP contribution in [0.15, 0.2) is 23.6 Å². The van der Waals surface area contributed by atoms with Crippen molar-refractivity contribution in [1.82, 2.24) is 4.98 Å². The van der Waals surface area contributed by atoms with Crippen LogP contribution < -0.4 is 0 Å². The number of hydrogen-bond donors (Lipinski definition) is 1. The Morgan fingerprint density at radius 3 is 3.06 bits per heavy atom. The summed E-state index contributed by atoms with van der Waals surface area (Å²) >= 11 is 3.08. The molecule has 0 aliphatic carbocycles. The van der Waals surface area contributed by atoms with Crippen molar-refractivity contribution in [1.29, 1.82) is 0 Å². The van der Waals surface area contributed by atoms with Gasteiger partial charge in [-0.1, -0.05) is 6.07 Å². The molecule has 2 rings (SSSR count). The Morgan fingerprint density at radius 2 is 2.44 bits per heavy atom. The van der Waals surface area contributed by atoms with E-state index < -0.39 is 5.97 Å². The molecule has 6 heteroatoms. The summed E-state index contributed by atoms with van der Waals surface area (Å²) < 4.78 is 5.07. The van der Waals surface area contributed by atoms with Crippen LogP contribution in [-0.2, 0) is 16.1 Å². The minimum atomic E-state index is -0.968. The fourth-order valence-corrected chi connectivity index (χ4v) is 3.15. The van der Waals surface area contributed by atoms with E-state index in [0.717, 1.165) is 26.5 Å². The van der Waals surface area contributed by atoms with Crippen molar-refractivity contribution in [2.75, 3.05) is 7.11 Å². The molecule has 0 amide bonds. The molecule has 0 aromatic carbocycles. The fraction of sp³-hybridized carbons (Fsp3) is 0.167. The third-order valence-electron chi connectivity index (χ3n) is 2.12. The molecular formula is C12H11NO3S2. The highest BCUT2D eigenvalue weighted by Crippen LogP contribution is 2.32. The first-order valence-corrected chi connectivity index (χ1v) is 6.84. The second-order valence-corrected chi connectivity index (χ2v) is 5.39. The maximum atomic E-state index is 10.5. The summed E-state index contributed by atoms with van der Waals surface area (Å²) in [6.07, 6.45) is 2.68. The maximum Gasteiger partial charge on any atom is 0.328 e. The molecule has 0 unspecified atom stereocenters. The van der Waals surface area contributed by atoms with E-state index >= 15 is 0 Å². The van der Waals surface area contributed by atoms with Gasteiger partial charge in [0.25, 0.3) is 0 Å². The first-order chi connectivity index (χ1) is 8.70. The highest BCUT2D eigenvalue weighted by molar-refractivity contribution is 7.21. The van der Waals surface area contributed by atoms with Crippen LogP contribution in [0, 0.1) is 0 Å². The fourth-order valence-electron chi connectivity index (χ4n) is 1.39. The number of carboxylic acids is 1. The molecule has 0 saturated carbocycles. The molecule has 0 aliphatic heterocycles. The van der Waals surface area contributed by atoms with Crippen LogP contribution in [-0.4, -0.2) is 23.2 Å². The van der Waals surface area contributed by atoms with Gasteiger partial charge in [0.05, 0.1) is 22.1 Å². The molecule has 1 N–H and O–H groups in total. The van der Waals surface area contributed by atoms with Crippen molar-refractivity contribution in [3.63, 3.8) is 0 Å². The van der Waals surface area contributed by atoms with E-state index in [9.17, 15) is 4.79 Å². The monoisotopic (exact) mass is 281 g/mol. The number of thiazole rings is 1. The van der Waals surface area contributed by atoms with Gasteiger partial charge in [0.1, 0.15) is 5.01 Å². The third-order valence-corrected chi connectivity index (χ3v) is 4.22. The molecule has 18 heavy (non-hydrogen) atoms. The van der Waals surface area contributed by atoms with Gasteiger partial charge in [0.15, 0.2) is 0 Å². The predicted octanol–water partition coefficient (Wildman–Crippen LogP) is 3.12. The number of aliphatic carboxylic acids is 1. The Hall–Kier alpha value is -1.50. The van der Waals surface area contributed by atoms with Gasteiger partial charge in [0, 0.05) is 13.2 Å². The van der Waals surface area contributed by atoms with Crippen molar-refractivity contribution < 1.29 is 14.6 Å². The summed E-state index contributed by atoms with van der Waals surface area (Å²) in [7, 11) is 1.59. The molecule has 0 saturated heterocycles. The van der Waals surface area contributed by atoms with Crippen LogP contribution >= 0.6 is 22.7 Å². The predicted molar refractivity (Wildman–Crippen MR) is 72.8 cm³/mol. The van der Waals surface area contributed by atoms with Crippen molar-refractivity contribution >= 4 is 34.7 Å². The topological polar surface area (TPSA) is 59.4 Å². The van der Waals surface area contributed by atoms with Gasteiger partial charge in [-0.25, -0.2) is 9.78 Å². The minimum absolute atomic E-state index is 0.376. The van der Waals surface area contributed by atoms with E-state index in [1.54, 1.807) is 24.5 Å². The third kappa shape index (κ3) is 3.04.